The van der Waals surface area contributed by atoms with E-state index in [0.717, 1.165) is 83.7 Å². The summed E-state index contributed by atoms with van der Waals surface area (Å²) in [4.78, 5) is 67.5. The van der Waals surface area contributed by atoms with Crippen LogP contribution in [0.1, 0.15) is 121 Å². The lowest BCUT2D eigenvalue weighted by Gasteiger charge is -2.28. The van der Waals surface area contributed by atoms with Gasteiger partial charge in [-0.2, -0.15) is 0 Å². The van der Waals surface area contributed by atoms with Crippen LogP contribution < -0.4 is 26.8 Å². The van der Waals surface area contributed by atoms with Gasteiger partial charge in [-0.05, 0) is 106 Å². The summed E-state index contributed by atoms with van der Waals surface area (Å²) in [6.45, 7) is 10.3. The Morgan fingerprint density at radius 2 is 1.49 bits per heavy atom. The summed E-state index contributed by atoms with van der Waals surface area (Å²) in [5, 5.41) is 12.6. The van der Waals surface area contributed by atoms with Crippen molar-refractivity contribution in [2.45, 2.75) is 135 Å². The molecule has 2 aliphatic carbocycles. The number of nitrogens with zero attached hydrogens (tertiary/aromatic N) is 1. The van der Waals surface area contributed by atoms with Gasteiger partial charge in [-0.1, -0.05) is 100 Å². The molecule has 0 saturated heterocycles. The van der Waals surface area contributed by atoms with Gasteiger partial charge in [-0.3, -0.25) is 14.4 Å². The van der Waals surface area contributed by atoms with E-state index < -0.39 is 41.7 Å². The number of alkyl carbamates (subject to hydrolysis) is 2. The summed E-state index contributed by atoms with van der Waals surface area (Å²) < 4.78 is 13.0. The highest BCUT2D eigenvalue weighted by atomic mass is 16.6. The van der Waals surface area contributed by atoms with Gasteiger partial charge in [0.1, 0.15) is 24.3 Å². The predicted octanol–water partition coefficient (Wildman–Crippen LogP) is 9.11. The van der Waals surface area contributed by atoms with Gasteiger partial charge in [-0.25, -0.2) is 9.59 Å². The van der Waals surface area contributed by atoms with E-state index in [1.165, 1.54) is 0 Å². The van der Waals surface area contributed by atoms with Crippen LogP contribution in [-0.2, 0) is 25.6 Å². The minimum atomic E-state index is -0.970. The molecule has 6 rings (SSSR count). The molecule has 61 heavy (non-hydrogen) atoms. The molecule has 0 bridgehead atoms. The molecule has 0 spiro atoms. The molecule has 0 aliphatic heterocycles. The second kappa shape index (κ2) is 20.7. The summed E-state index contributed by atoms with van der Waals surface area (Å²) in [7, 11) is 0. The molecule has 12 nitrogen and oxygen atoms in total. The Hall–Kier alpha value is -5.65. The Bertz CT molecular complexity index is 2190. The molecule has 2 aliphatic rings. The third-order valence-corrected chi connectivity index (χ3v) is 11.8. The number of carbonyl (C=O) groups excluding carboxylic acids is 4. The van der Waals surface area contributed by atoms with Crippen molar-refractivity contribution in [2.75, 3.05) is 18.5 Å². The Kier molecular flexibility index (Phi) is 15.3. The number of ether oxygens (including phenoxy) is 2. The number of rotatable bonds is 17. The van der Waals surface area contributed by atoms with Gasteiger partial charge < -0.3 is 35.3 Å². The van der Waals surface area contributed by atoms with Crippen molar-refractivity contribution in [3.63, 3.8) is 0 Å². The van der Waals surface area contributed by atoms with Gasteiger partial charge in [0.25, 0.3) is 5.56 Å². The van der Waals surface area contributed by atoms with E-state index in [4.69, 9.17) is 9.47 Å². The predicted molar refractivity (Wildman–Crippen MR) is 240 cm³/mol. The molecule has 12 heteroatoms. The van der Waals surface area contributed by atoms with Crippen LogP contribution >= 0.6 is 0 Å². The highest BCUT2D eigenvalue weighted by Crippen LogP contribution is 2.44. The van der Waals surface area contributed by atoms with Crippen molar-refractivity contribution in [3.8, 4) is 11.1 Å². The van der Waals surface area contributed by atoms with Crippen LogP contribution in [0.3, 0.4) is 0 Å². The number of benzene rings is 3. The zero-order chi connectivity index (χ0) is 43.5. The second-order valence-corrected chi connectivity index (χ2v) is 17.6. The number of aryl methyl sites for hydroxylation is 2. The number of hydrogen-bond donors (Lipinski definition) is 4. The van der Waals surface area contributed by atoms with Crippen LogP contribution in [0.15, 0.2) is 77.6 Å². The van der Waals surface area contributed by atoms with Crippen molar-refractivity contribution >= 4 is 40.6 Å². The summed E-state index contributed by atoms with van der Waals surface area (Å²) >= 11 is 0. The summed E-state index contributed by atoms with van der Waals surface area (Å²) in [5.74, 6) is -0.799. The number of pyridine rings is 1. The van der Waals surface area contributed by atoms with Crippen LogP contribution in [-0.4, -0.2) is 59.4 Å². The van der Waals surface area contributed by atoms with Crippen molar-refractivity contribution in [1.29, 1.82) is 0 Å². The Morgan fingerprint density at radius 3 is 2.16 bits per heavy atom. The first-order valence-electron chi connectivity index (χ1n) is 22.1. The largest absolute Gasteiger partial charge is 0.449 e. The van der Waals surface area contributed by atoms with Crippen molar-refractivity contribution in [2.24, 2.45) is 5.92 Å². The number of unbranched alkanes of at least 4 members (excludes halogenated alkanes) is 2. The van der Waals surface area contributed by atoms with Gasteiger partial charge in [0.15, 0.2) is 0 Å². The molecule has 0 radical (unpaired) electrons. The number of fused-ring (bicyclic) bond motifs is 4. The van der Waals surface area contributed by atoms with Crippen LogP contribution in [0.5, 0.6) is 0 Å². The van der Waals surface area contributed by atoms with Crippen LogP contribution in [0.2, 0.25) is 0 Å². The van der Waals surface area contributed by atoms with Crippen molar-refractivity contribution < 1.29 is 28.7 Å². The lowest BCUT2D eigenvalue weighted by Crippen LogP contribution is -2.53. The number of anilines is 1. The molecule has 0 unspecified atom stereocenters. The normalized spacial score (nSPS) is 15.0. The molecule has 1 fully saturated rings. The van der Waals surface area contributed by atoms with Gasteiger partial charge in [0.2, 0.25) is 11.8 Å². The Labute approximate surface area is 359 Å². The maximum absolute atomic E-state index is 14.3. The first-order valence-corrected chi connectivity index (χ1v) is 22.1. The van der Waals surface area contributed by atoms with E-state index >= 15 is 0 Å². The zero-order valence-electron chi connectivity index (χ0n) is 36.4. The van der Waals surface area contributed by atoms with Crippen LogP contribution in [0.25, 0.3) is 22.0 Å². The molecule has 4 amide bonds. The summed E-state index contributed by atoms with van der Waals surface area (Å²) in [6, 6.07) is 21.5. The minimum Gasteiger partial charge on any atom is -0.449 e. The molecule has 1 aromatic heterocycles. The first-order chi connectivity index (χ1) is 29.3. The number of aromatic nitrogens is 1. The molecule has 326 valence electrons. The van der Waals surface area contributed by atoms with Gasteiger partial charge in [0, 0.05) is 36.1 Å². The first kappa shape index (κ1) is 44.9. The van der Waals surface area contributed by atoms with Crippen molar-refractivity contribution in [1.82, 2.24) is 20.5 Å². The van der Waals surface area contributed by atoms with E-state index in [0.29, 0.717) is 38.0 Å². The Morgan fingerprint density at radius 1 is 0.803 bits per heavy atom. The standard InChI is InChI=1S/C49H63N5O7/c1-6-7-27-54-43-30-34(24-25-35(43)32(2)28-44(54)55)51-45(56)41(23-15-16-26-50-47(58)61-49(3,4)5)52-46(57)42(29-33-17-9-8-10-18-33)53-48(59)60-31-40-38-21-13-11-19-36(38)37-20-12-14-22-39(37)40/h11-14,19-22,24-25,28,30,33,40-42H,6-10,15-18,23,26-27,29,31H2,1-5H3,(H,50,58)(H,51,56)(H,52,57)(H,53,59)/t41-,42-/m0/s1. The van der Waals surface area contributed by atoms with Crippen molar-refractivity contribution in [3.05, 3.63) is 99.8 Å². The fourth-order valence-electron chi connectivity index (χ4n) is 8.69. The molecular weight excluding hydrogens is 771 g/mol. The third kappa shape index (κ3) is 12.0. The molecule has 4 aromatic rings. The quantitative estimate of drug-likeness (QED) is 0.0774. The maximum atomic E-state index is 14.3. The topological polar surface area (TPSA) is 157 Å². The minimum absolute atomic E-state index is 0.0973. The average molecular weight is 834 g/mol. The molecule has 1 saturated carbocycles. The summed E-state index contributed by atoms with van der Waals surface area (Å²) in [6.07, 6.45) is 7.42. The molecule has 3 aromatic carbocycles. The second-order valence-electron chi connectivity index (χ2n) is 17.6. The van der Waals surface area contributed by atoms with Gasteiger partial charge >= 0.3 is 12.2 Å². The van der Waals surface area contributed by atoms with E-state index in [9.17, 15) is 24.0 Å². The van der Waals surface area contributed by atoms with E-state index in [2.05, 4.69) is 52.5 Å². The SMILES string of the molecule is CCCCn1c(=O)cc(C)c2ccc(NC(=O)[C@H](CCCCNC(=O)OC(C)(C)C)NC(=O)[C@H](CC3CCCCC3)NC(=O)OCC3c4ccccc4-c4ccccc43)cc21. The molecule has 4 N–H and O–H groups in total. The number of nitrogens with one attached hydrogen (secondary N) is 4. The smallest absolute Gasteiger partial charge is 0.407 e. The molecule has 1 heterocycles. The number of carbonyl (C=O) groups is 4. The summed E-state index contributed by atoms with van der Waals surface area (Å²) in [5.41, 5.74) is 5.77. The Balaban J connectivity index is 1.18. The molecular formula is C49H63N5O7. The van der Waals surface area contributed by atoms with E-state index in [1.807, 2.05) is 43.3 Å². The zero-order valence-corrected chi connectivity index (χ0v) is 36.4. The molecule has 2 atom stereocenters. The lowest BCUT2D eigenvalue weighted by atomic mass is 9.84. The van der Waals surface area contributed by atoms with Crippen LogP contribution in [0, 0.1) is 12.8 Å². The maximum Gasteiger partial charge on any atom is 0.407 e. The van der Waals surface area contributed by atoms with E-state index in [-0.39, 0.29) is 30.4 Å². The highest BCUT2D eigenvalue weighted by molar-refractivity contribution is 5.99. The van der Waals surface area contributed by atoms with Crippen LogP contribution in [0.4, 0.5) is 15.3 Å². The fraction of sp³-hybridized carbons (Fsp3) is 0.490. The number of amides is 4. The van der Waals surface area contributed by atoms with Gasteiger partial charge in [0.05, 0.1) is 5.52 Å². The average Bonchev–Trinajstić information content (AvgIpc) is 3.55. The monoisotopic (exact) mass is 833 g/mol. The fourth-order valence-corrected chi connectivity index (χ4v) is 8.69. The highest BCUT2D eigenvalue weighted by Gasteiger charge is 2.32. The van der Waals surface area contributed by atoms with E-state index in [1.54, 1.807) is 37.5 Å². The van der Waals surface area contributed by atoms with Gasteiger partial charge in [-0.15, -0.1) is 0 Å². The lowest BCUT2D eigenvalue weighted by molar-refractivity contribution is -0.128. The third-order valence-electron chi connectivity index (χ3n) is 11.8. The number of hydrogen-bond acceptors (Lipinski definition) is 7.